The predicted octanol–water partition coefficient (Wildman–Crippen LogP) is 9.30. The molecule has 0 heterocycles. The summed E-state index contributed by atoms with van der Waals surface area (Å²) in [6.07, 6.45) is 19.1. The Labute approximate surface area is 201 Å². The summed E-state index contributed by atoms with van der Waals surface area (Å²) in [7, 11) is 0. The van der Waals surface area contributed by atoms with E-state index in [1.165, 1.54) is 93.7 Å². The van der Waals surface area contributed by atoms with Gasteiger partial charge in [0.2, 0.25) is 0 Å². The van der Waals surface area contributed by atoms with E-state index in [-0.39, 0.29) is 0 Å². The van der Waals surface area contributed by atoms with Crippen LogP contribution in [-0.4, -0.2) is 11.1 Å². The molecule has 2 nitrogen and oxygen atoms in total. The van der Waals surface area contributed by atoms with Gasteiger partial charge in [0.05, 0.1) is 0 Å². The van der Waals surface area contributed by atoms with Crippen molar-refractivity contribution in [1.29, 1.82) is 0 Å². The molecule has 1 aliphatic carbocycles. The number of carboxylic acids is 1. The van der Waals surface area contributed by atoms with Crippen molar-refractivity contribution in [3.63, 3.8) is 0 Å². The Hall–Kier alpha value is -2.09. The first-order valence-electron chi connectivity index (χ1n) is 13.6. The molecule has 180 valence electrons. The van der Waals surface area contributed by atoms with Crippen LogP contribution < -0.4 is 0 Å². The van der Waals surface area contributed by atoms with Gasteiger partial charge in [-0.25, -0.2) is 0 Å². The fourth-order valence-electron chi connectivity index (χ4n) is 5.56. The number of carbonyl (C=O) groups is 1. The second kappa shape index (κ2) is 14.2. The number of carboxylic acid groups (broad SMARTS) is 1. The van der Waals surface area contributed by atoms with Gasteiger partial charge in [0, 0.05) is 6.42 Å². The molecule has 0 spiro atoms. The van der Waals surface area contributed by atoms with Crippen LogP contribution in [-0.2, 0) is 11.2 Å². The molecule has 0 aromatic heterocycles. The highest BCUT2D eigenvalue weighted by molar-refractivity contribution is 5.78. The molecule has 2 heteroatoms. The van der Waals surface area contributed by atoms with E-state index >= 15 is 0 Å². The van der Waals surface area contributed by atoms with Gasteiger partial charge in [-0.05, 0) is 59.4 Å². The summed E-state index contributed by atoms with van der Waals surface area (Å²) in [6.45, 7) is 2.30. The lowest BCUT2D eigenvalue weighted by atomic mass is 9.84. The highest BCUT2D eigenvalue weighted by Gasteiger charge is 2.23. The lowest BCUT2D eigenvalue weighted by molar-refractivity contribution is -0.137. The van der Waals surface area contributed by atoms with Gasteiger partial charge in [0.25, 0.3) is 0 Å². The molecule has 1 atom stereocenters. The Morgan fingerprint density at radius 1 is 0.758 bits per heavy atom. The van der Waals surface area contributed by atoms with Gasteiger partial charge in [-0.3, -0.25) is 4.79 Å². The van der Waals surface area contributed by atoms with E-state index in [2.05, 4.69) is 49.4 Å². The zero-order valence-corrected chi connectivity index (χ0v) is 20.8. The quantitative estimate of drug-likeness (QED) is 0.209. The molecule has 0 radical (unpaired) electrons. The first-order chi connectivity index (χ1) is 16.2. The Bertz CT molecular complexity index is 854. The minimum absolute atomic E-state index is 0.327. The van der Waals surface area contributed by atoms with E-state index in [4.69, 9.17) is 5.11 Å². The maximum atomic E-state index is 10.6. The van der Waals surface area contributed by atoms with Crippen molar-refractivity contribution in [3.05, 3.63) is 59.2 Å². The third-order valence-corrected chi connectivity index (χ3v) is 7.43. The van der Waals surface area contributed by atoms with Gasteiger partial charge >= 0.3 is 5.97 Å². The molecule has 0 saturated carbocycles. The first kappa shape index (κ1) is 25.5. The standard InChI is InChI=1S/C31H44O2/c1-2-3-4-11-17-25(18-12-9-7-5-6-8-10-13-23-31(32)33)27-21-16-22-29-28-20-15-14-19-26(28)24-30(27)29/h14-16,19-22,25H,2-13,17-18,23-24H2,1H3,(H,32,33). The zero-order valence-electron chi connectivity index (χ0n) is 20.8. The molecule has 2 aromatic rings. The highest BCUT2D eigenvalue weighted by atomic mass is 16.4. The van der Waals surface area contributed by atoms with Crippen molar-refractivity contribution in [3.8, 4) is 11.1 Å². The lowest BCUT2D eigenvalue weighted by Crippen LogP contribution is -2.04. The number of hydrogen-bond donors (Lipinski definition) is 1. The molecule has 0 amide bonds. The molecule has 3 rings (SSSR count). The Kier molecular flexibility index (Phi) is 11.0. The van der Waals surface area contributed by atoms with Crippen molar-refractivity contribution in [1.82, 2.24) is 0 Å². The smallest absolute Gasteiger partial charge is 0.303 e. The topological polar surface area (TPSA) is 37.3 Å². The number of fused-ring (bicyclic) bond motifs is 3. The molecule has 2 aromatic carbocycles. The molecular weight excluding hydrogens is 404 g/mol. The molecular formula is C31H44O2. The molecule has 0 aliphatic heterocycles. The maximum Gasteiger partial charge on any atom is 0.303 e. The van der Waals surface area contributed by atoms with Gasteiger partial charge in [-0.2, -0.15) is 0 Å². The van der Waals surface area contributed by atoms with E-state index in [1.54, 1.807) is 11.1 Å². The van der Waals surface area contributed by atoms with Crippen molar-refractivity contribution in [2.75, 3.05) is 0 Å². The molecule has 1 aliphatic rings. The summed E-state index contributed by atoms with van der Waals surface area (Å²) in [5, 5.41) is 8.72. The SMILES string of the molecule is CCCCCCC(CCCCCCCCCCC(=O)O)c1cccc2c1Cc1ccccc1-2. The average molecular weight is 449 g/mol. The monoisotopic (exact) mass is 448 g/mol. The molecule has 0 saturated heterocycles. The lowest BCUT2D eigenvalue weighted by Gasteiger charge is -2.21. The van der Waals surface area contributed by atoms with Crippen LogP contribution >= 0.6 is 0 Å². The maximum absolute atomic E-state index is 10.6. The molecule has 1 unspecified atom stereocenters. The zero-order chi connectivity index (χ0) is 23.3. The van der Waals surface area contributed by atoms with E-state index in [9.17, 15) is 4.79 Å². The number of unbranched alkanes of at least 4 members (excludes halogenated alkanes) is 10. The van der Waals surface area contributed by atoms with Gasteiger partial charge in [-0.15, -0.1) is 0 Å². The van der Waals surface area contributed by atoms with Crippen LogP contribution in [0, 0.1) is 0 Å². The van der Waals surface area contributed by atoms with Crippen LogP contribution in [0.25, 0.3) is 11.1 Å². The van der Waals surface area contributed by atoms with Crippen molar-refractivity contribution in [2.45, 2.75) is 116 Å². The number of hydrogen-bond acceptors (Lipinski definition) is 1. The highest BCUT2D eigenvalue weighted by Crippen LogP contribution is 2.42. The Balaban J connectivity index is 1.49. The number of rotatable bonds is 17. The summed E-state index contributed by atoms with van der Waals surface area (Å²) in [5.41, 5.74) is 7.64. The fourth-order valence-corrected chi connectivity index (χ4v) is 5.56. The summed E-state index contributed by atoms with van der Waals surface area (Å²) >= 11 is 0. The van der Waals surface area contributed by atoms with Gasteiger partial charge in [0.1, 0.15) is 0 Å². The summed E-state index contributed by atoms with van der Waals surface area (Å²) < 4.78 is 0. The molecule has 33 heavy (non-hydrogen) atoms. The first-order valence-corrected chi connectivity index (χ1v) is 13.6. The number of benzene rings is 2. The van der Waals surface area contributed by atoms with Crippen LogP contribution in [0.3, 0.4) is 0 Å². The fraction of sp³-hybridized carbons (Fsp3) is 0.581. The van der Waals surface area contributed by atoms with Gasteiger partial charge in [0.15, 0.2) is 0 Å². The molecule has 1 N–H and O–H groups in total. The normalized spacial score (nSPS) is 13.0. The number of aliphatic carboxylic acids is 1. The third kappa shape index (κ3) is 8.02. The Morgan fingerprint density at radius 3 is 2.06 bits per heavy atom. The second-order valence-corrected chi connectivity index (χ2v) is 10.0. The van der Waals surface area contributed by atoms with Crippen LogP contribution in [0.2, 0.25) is 0 Å². The van der Waals surface area contributed by atoms with E-state index in [0.29, 0.717) is 12.3 Å². The Morgan fingerprint density at radius 2 is 1.36 bits per heavy atom. The largest absolute Gasteiger partial charge is 0.481 e. The van der Waals surface area contributed by atoms with Crippen molar-refractivity contribution in [2.24, 2.45) is 0 Å². The minimum Gasteiger partial charge on any atom is -0.481 e. The van der Waals surface area contributed by atoms with Crippen LogP contribution in [0.1, 0.15) is 126 Å². The van der Waals surface area contributed by atoms with Gasteiger partial charge < -0.3 is 5.11 Å². The van der Waals surface area contributed by atoms with Crippen molar-refractivity contribution >= 4 is 5.97 Å². The van der Waals surface area contributed by atoms with Crippen molar-refractivity contribution < 1.29 is 9.90 Å². The van der Waals surface area contributed by atoms with Crippen LogP contribution in [0.5, 0.6) is 0 Å². The summed E-state index contributed by atoms with van der Waals surface area (Å²) in [6, 6.07) is 16.0. The predicted molar refractivity (Wildman–Crippen MR) is 140 cm³/mol. The summed E-state index contributed by atoms with van der Waals surface area (Å²) in [5.74, 6) is 0.0364. The summed E-state index contributed by atoms with van der Waals surface area (Å²) in [4.78, 5) is 10.6. The minimum atomic E-state index is -0.660. The molecule has 0 fully saturated rings. The third-order valence-electron chi connectivity index (χ3n) is 7.43. The van der Waals surface area contributed by atoms with E-state index < -0.39 is 5.97 Å². The van der Waals surface area contributed by atoms with Crippen LogP contribution in [0.15, 0.2) is 42.5 Å². The van der Waals surface area contributed by atoms with Crippen LogP contribution in [0.4, 0.5) is 0 Å². The second-order valence-electron chi connectivity index (χ2n) is 10.0. The molecule has 0 bridgehead atoms. The van der Waals surface area contributed by atoms with E-state index in [0.717, 1.165) is 19.3 Å². The average Bonchev–Trinajstić information content (AvgIpc) is 3.20. The van der Waals surface area contributed by atoms with Gasteiger partial charge in [-0.1, -0.05) is 120 Å². The van der Waals surface area contributed by atoms with E-state index in [1.807, 2.05) is 0 Å².